The first-order valence-electron chi connectivity index (χ1n) is 6.81. The quantitative estimate of drug-likeness (QED) is 0.892. The van der Waals surface area contributed by atoms with Crippen LogP contribution in [0, 0.1) is 6.92 Å². The molecule has 0 aromatic heterocycles. The molecule has 2 aromatic carbocycles. The van der Waals surface area contributed by atoms with Crippen molar-refractivity contribution < 1.29 is 9.90 Å². The maximum absolute atomic E-state index is 12.2. The Hall–Kier alpha value is -1.84. The van der Waals surface area contributed by atoms with Gasteiger partial charge in [-0.25, -0.2) is 0 Å². The van der Waals surface area contributed by atoms with E-state index in [9.17, 15) is 9.90 Å². The standard InChI is InChI=1S/C17H18ClNO2/c1-12-7-14(10-15(18)8-12)17(21)19-16(11-20)9-13-5-3-2-4-6-13/h2-8,10,16,20H,9,11H2,1H3,(H,19,21). The van der Waals surface area contributed by atoms with Crippen molar-refractivity contribution in [3.05, 3.63) is 70.2 Å². The lowest BCUT2D eigenvalue weighted by Crippen LogP contribution is -2.39. The van der Waals surface area contributed by atoms with Crippen LogP contribution in [0.4, 0.5) is 0 Å². The van der Waals surface area contributed by atoms with E-state index in [4.69, 9.17) is 11.6 Å². The van der Waals surface area contributed by atoms with E-state index >= 15 is 0 Å². The summed E-state index contributed by atoms with van der Waals surface area (Å²) in [6.07, 6.45) is 0.586. The van der Waals surface area contributed by atoms with Gasteiger partial charge in [0.05, 0.1) is 12.6 Å². The van der Waals surface area contributed by atoms with E-state index in [1.807, 2.05) is 37.3 Å². The zero-order valence-corrected chi connectivity index (χ0v) is 12.6. The van der Waals surface area contributed by atoms with Crippen LogP contribution in [-0.4, -0.2) is 23.7 Å². The molecule has 4 heteroatoms. The number of amides is 1. The molecule has 1 amide bonds. The van der Waals surface area contributed by atoms with E-state index < -0.39 is 0 Å². The van der Waals surface area contributed by atoms with Gasteiger partial charge in [-0.1, -0.05) is 41.9 Å². The van der Waals surface area contributed by atoms with E-state index in [-0.39, 0.29) is 18.6 Å². The minimum Gasteiger partial charge on any atom is -0.394 e. The van der Waals surface area contributed by atoms with Crippen LogP contribution < -0.4 is 5.32 Å². The summed E-state index contributed by atoms with van der Waals surface area (Å²) in [5.74, 6) is -0.226. The van der Waals surface area contributed by atoms with Crippen molar-refractivity contribution in [2.24, 2.45) is 0 Å². The Labute approximate surface area is 129 Å². The van der Waals surface area contributed by atoms with Gasteiger partial charge in [0, 0.05) is 10.6 Å². The van der Waals surface area contributed by atoms with Gasteiger partial charge < -0.3 is 10.4 Å². The number of carbonyl (C=O) groups excluding carboxylic acids is 1. The normalized spacial score (nSPS) is 12.0. The summed E-state index contributed by atoms with van der Waals surface area (Å²) in [6.45, 7) is 1.77. The van der Waals surface area contributed by atoms with Crippen LogP contribution in [0.2, 0.25) is 5.02 Å². The molecule has 2 aromatic rings. The van der Waals surface area contributed by atoms with Crippen molar-refractivity contribution in [3.8, 4) is 0 Å². The smallest absolute Gasteiger partial charge is 0.251 e. The number of hydrogen-bond acceptors (Lipinski definition) is 2. The molecular weight excluding hydrogens is 286 g/mol. The topological polar surface area (TPSA) is 49.3 Å². The van der Waals surface area contributed by atoms with Gasteiger partial charge in [-0.15, -0.1) is 0 Å². The summed E-state index contributed by atoms with van der Waals surface area (Å²) in [5, 5.41) is 12.8. The van der Waals surface area contributed by atoms with Crippen molar-refractivity contribution >= 4 is 17.5 Å². The second-order valence-electron chi connectivity index (χ2n) is 5.06. The molecule has 0 heterocycles. The van der Waals surface area contributed by atoms with Crippen molar-refractivity contribution in [2.45, 2.75) is 19.4 Å². The van der Waals surface area contributed by atoms with Crippen LogP contribution in [0.15, 0.2) is 48.5 Å². The summed E-state index contributed by atoms with van der Waals surface area (Å²) in [4.78, 5) is 12.2. The molecule has 21 heavy (non-hydrogen) atoms. The van der Waals surface area contributed by atoms with Crippen LogP contribution in [0.1, 0.15) is 21.5 Å². The van der Waals surface area contributed by atoms with Crippen molar-refractivity contribution in [2.75, 3.05) is 6.61 Å². The number of rotatable bonds is 5. The van der Waals surface area contributed by atoms with E-state index in [0.717, 1.165) is 11.1 Å². The third-order valence-electron chi connectivity index (χ3n) is 3.18. The summed E-state index contributed by atoms with van der Waals surface area (Å²) in [6, 6.07) is 14.6. The van der Waals surface area contributed by atoms with Gasteiger partial charge in [-0.2, -0.15) is 0 Å². The van der Waals surface area contributed by atoms with Gasteiger partial charge in [0.1, 0.15) is 0 Å². The monoisotopic (exact) mass is 303 g/mol. The lowest BCUT2D eigenvalue weighted by Gasteiger charge is -2.16. The summed E-state index contributed by atoms with van der Waals surface area (Å²) < 4.78 is 0. The first-order valence-corrected chi connectivity index (χ1v) is 7.19. The molecule has 1 unspecified atom stereocenters. The third kappa shape index (κ3) is 4.59. The van der Waals surface area contributed by atoms with Crippen molar-refractivity contribution in [1.82, 2.24) is 5.32 Å². The Morgan fingerprint density at radius 1 is 1.24 bits per heavy atom. The molecule has 0 fully saturated rings. The molecule has 1 atom stereocenters. The first kappa shape index (κ1) is 15.5. The van der Waals surface area contributed by atoms with Gasteiger partial charge >= 0.3 is 0 Å². The molecule has 0 spiro atoms. The number of nitrogens with one attached hydrogen (secondary N) is 1. The van der Waals surface area contributed by atoms with E-state index in [2.05, 4.69) is 5.32 Å². The summed E-state index contributed by atoms with van der Waals surface area (Å²) in [5.41, 5.74) is 2.50. The zero-order chi connectivity index (χ0) is 15.2. The van der Waals surface area contributed by atoms with Gasteiger partial charge in [0.2, 0.25) is 0 Å². The lowest BCUT2D eigenvalue weighted by atomic mass is 10.1. The second kappa shape index (κ2) is 7.25. The molecule has 0 saturated carbocycles. The number of hydrogen-bond donors (Lipinski definition) is 2. The highest BCUT2D eigenvalue weighted by Gasteiger charge is 2.14. The molecule has 0 saturated heterocycles. The molecule has 2 N–H and O–H groups in total. The van der Waals surface area contributed by atoms with E-state index in [1.54, 1.807) is 18.2 Å². The Balaban J connectivity index is 2.05. The third-order valence-corrected chi connectivity index (χ3v) is 3.40. The lowest BCUT2D eigenvalue weighted by molar-refractivity contribution is 0.0916. The molecular formula is C17H18ClNO2. The molecule has 0 aliphatic carbocycles. The first-order chi connectivity index (χ1) is 10.1. The van der Waals surface area contributed by atoms with Gasteiger partial charge in [-0.3, -0.25) is 4.79 Å². The summed E-state index contributed by atoms with van der Waals surface area (Å²) >= 11 is 5.97. The number of aliphatic hydroxyl groups excluding tert-OH is 1. The highest BCUT2D eigenvalue weighted by atomic mass is 35.5. The van der Waals surface area contributed by atoms with E-state index in [1.165, 1.54) is 0 Å². The average molecular weight is 304 g/mol. The molecule has 0 aliphatic rings. The maximum Gasteiger partial charge on any atom is 0.251 e. The minimum atomic E-state index is -0.320. The average Bonchev–Trinajstić information content (AvgIpc) is 2.46. The minimum absolute atomic E-state index is 0.111. The predicted molar refractivity (Wildman–Crippen MR) is 84.7 cm³/mol. The molecule has 2 rings (SSSR count). The molecule has 3 nitrogen and oxygen atoms in total. The Bertz CT molecular complexity index is 593. The fourth-order valence-corrected chi connectivity index (χ4v) is 2.49. The molecule has 0 radical (unpaired) electrons. The summed E-state index contributed by atoms with van der Waals surface area (Å²) in [7, 11) is 0. The number of carbonyl (C=O) groups is 1. The van der Waals surface area contributed by atoms with Gasteiger partial charge in [0.15, 0.2) is 0 Å². The van der Waals surface area contributed by atoms with Crippen LogP contribution in [0.3, 0.4) is 0 Å². The number of aliphatic hydroxyl groups is 1. The number of benzene rings is 2. The fraction of sp³-hybridized carbons (Fsp3) is 0.235. The highest BCUT2D eigenvalue weighted by Crippen LogP contribution is 2.15. The highest BCUT2D eigenvalue weighted by molar-refractivity contribution is 6.31. The Kier molecular flexibility index (Phi) is 5.37. The van der Waals surface area contributed by atoms with Gasteiger partial charge in [0.25, 0.3) is 5.91 Å². The number of aryl methyl sites for hydroxylation is 1. The van der Waals surface area contributed by atoms with Crippen LogP contribution in [-0.2, 0) is 6.42 Å². The maximum atomic E-state index is 12.2. The SMILES string of the molecule is Cc1cc(Cl)cc(C(=O)NC(CO)Cc2ccccc2)c1. The fourth-order valence-electron chi connectivity index (χ4n) is 2.20. The predicted octanol–water partition coefficient (Wildman–Crippen LogP) is 2.98. The molecule has 0 bridgehead atoms. The van der Waals surface area contributed by atoms with Crippen LogP contribution >= 0.6 is 11.6 Å². The van der Waals surface area contributed by atoms with Crippen LogP contribution in [0.5, 0.6) is 0 Å². The van der Waals surface area contributed by atoms with E-state index in [0.29, 0.717) is 17.0 Å². The Morgan fingerprint density at radius 2 is 1.95 bits per heavy atom. The molecule has 110 valence electrons. The number of halogens is 1. The second-order valence-corrected chi connectivity index (χ2v) is 5.50. The largest absolute Gasteiger partial charge is 0.394 e. The Morgan fingerprint density at radius 3 is 2.57 bits per heavy atom. The van der Waals surface area contributed by atoms with Gasteiger partial charge in [-0.05, 0) is 42.7 Å². The zero-order valence-electron chi connectivity index (χ0n) is 11.8. The molecule has 0 aliphatic heterocycles. The van der Waals surface area contributed by atoms with Crippen molar-refractivity contribution in [3.63, 3.8) is 0 Å². The van der Waals surface area contributed by atoms with Crippen molar-refractivity contribution in [1.29, 1.82) is 0 Å². The van der Waals surface area contributed by atoms with Crippen LogP contribution in [0.25, 0.3) is 0 Å².